The van der Waals surface area contributed by atoms with Crippen LogP contribution in [-0.2, 0) is 11.8 Å². The molecule has 8 heterocycles. The quantitative estimate of drug-likeness (QED) is 0.0515. The summed E-state index contributed by atoms with van der Waals surface area (Å²) in [5.74, 6) is -7.16. The lowest BCUT2D eigenvalue weighted by Gasteiger charge is -2.19. The molecule has 0 bridgehead atoms. The molecule has 0 aliphatic heterocycles. The Hall–Kier alpha value is -13.7. The van der Waals surface area contributed by atoms with E-state index in [9.17, 15) is 46.4 Å². The van der Waals surface area contributed by atoms with E-state index in [0.717, 1.165) is 47.5 Å². The number of halogens is 5. The van der Waals surface area contributed by atoms with Gasteiger partial charge in [-0.15, -0.1) is 11.3 Å². The SMILES string of the molecule is CC(C)Oc1ccnc(C(=O)Nc2cc(C#N)cc(Oc3cncnc3)c2)c1.CC(F)(F)c1nc(C(=O)Nc2cc(F)cc(Oc3cncnc3)c2)cs1.CN(c1cncnc1)c1cccc(NC(=O)c2cccc(C(C)(F)F)n2)c1.Cc1cccc(C(=O)Nc2cccc(N(C)c3cncnc3)c2)n1. The number of carbonyl (C=O) groups is 4. The first-order valence-electron chi connectivity index (χ1n) is 31.2. The molecule has 0 saturated carbocycles. The fourth-order valence-corrected chi connectivity index (χ4v) is 9.71. The Morgan fingerprint density at radius 2 is 0.952 bits per heavy atom. The molecule has 0 aliphatic rings. The second-order valence-corrected chi connectivity index (χ2v) is 23.4. The minimum absolute atomic E-state index is 0.0210. The number of benzene rings is 4. The highest BCUT2D eigenvalue weighted by Crippen LogP contribution is 2.33. The van der Waals surface area contributed by atoms with E-state index >= 15 is 0 Å². The van der Waals surface area contributed by atoms with Gasteiger partial charge >= 0.3 is 0 Å². The highest BCUT2D eigenvalue weighted by atomic mass is 32.1. The van der Waals surface area contributed by atoms with Gasteiger partial charge < -0.3 is 45.3 Å². The molecular weight excluding hydrogens is 1380 g/mol. The van der Waals surface area contributed by atoms with Crippen LogP contribution in [0.3, 0.4) is 0 Å². The summed E-state index contributed by atoms with van der Waals surface area (Å²) in [6.45, 7) is 7.08. The van der Waals surface area contributed by atoms with Gasteiger partial charge in [0.05, 0.1) is 78.7 Å². The Morgan fingerprint density at radius 3 is 1.45 bits per heavy atom. The summed E-state index contributed by atoms with van der Waals surface area (Å²) in [5.41, 5.74) is 6.05. The van der Waals surface area contributed by atoms with Crippen molar-refractivity contribution in [1.29, 1.82) is 5.26 Å². The van der Waals surface area contributed by atoms with Gasteiger partial charge in [-0.3, -0.25) is 24.2 Å². The van der Waals surface area contributed by atoms with Crippen LogP contribution >= 0.6 is 11.3 Å². The Labute approximate surface area is 601 Å². The van der Waals surface area contributed by atoms with Crippen molar-refractivity contribution < 1.29 is 55.3 Å². The summed E-state index contributed by atoms with van der Waals surface area (Å²) in [5, 5.41) is 20.7. The third-order valence-corrected chi connectivity index (χ3v) is 14.8. The van der Waals surface area contributed by atoms with Crippen LogP contribution in [0.1, 0.15) is 91.6 Å². The predicted octanol–water partition coefficient (Wildman–Crippen LogP) is 15.0. The number of aromatic nitrogens is 12. The normalized spacial score (nSPS) is 10.7. The second-order valence-electron chi connectivity index (χ2n) is 22.5. The number of rotatable bonds is 20. The molecule has 0 spiro atoms. The number of alkyl halides is 4. The maximum absolute atomic E-state index is 13.8. The number of nitrogens with zero attached hydrogens (tertiary/aromatic N) is 15. The molecule has 0 fully saturated rings. The number of anilines is 8. The number of pyridine rings is 3. The molecule has 4 amide bonds. The number of hydrogen-bond acceptors (Lipinski definition) is 23. The Morgan fingerprint density at radius 1 is 0.486 bits per heavy atom. The van der Waals surface area contributed by atoms with E-state index in [4.69, 9.17) is 14.2 Å². The van der Waals surface area contributed by atoms with Gasteiger partial charge in [-0.1, -0.05) is 24.3 Å². The van der Waals surface area contributed by atoms with Crippen molar-refractivity contribution >= 4 is 80.5 Å². The van der Waals surface area contributed by atoms with Crippen molar-refractivity contribution in [2.45, 2.75) is 52.6 Å². The molecule has 32 heteroatoms. The Bertz CT molecular complexity index is 4990. The maximum Gasteiger partial charge on any atom is 0.296 e. The minimum Gasteiger partial charge on any atom is -0.491 e. The van der Waals surface area contributed by atoms with Crippen molar-refractivity contribution in [2.75, 3.05) is 45.2 Å². The van der Waals surface area contributed by atoms with Gasteiger partial charge in [0.2, 0.25) is 0 Å². The summed E-state index contributed by atoms with van der Waals surface area (Å²) in [6, 6.07) is 37.5. The highest BCUT2D eigenvalue weighted by molar-refractivity contribution is 7.10. The number of nitriles is 1. The number of aryl methyl sites for hydroxylation is 1. The van der Waals surface area contributed by atoms with Gasteiger partial charge in [-0.2, -0.15) is 22.8 Å². The van der Waals surface area contributed by atoms with E-state index in [1.54, 1.807) is 79.4 Å². The monoisotopic (exact) mass is 1440 g/mol. The average molecular weight is 1440 g/mol. The molecule has 26 nitrogen and oxygen atoms in total. The second kappa shape index (κ2) is 35.6. The molecule has 0 atom stereocenters. The number of carbonyl (C=O) groups excluding carboxylic acids is 4. The Balaban J connectivity index is 0.000000162. The first-order valence-corrected chi connectivity index (χ1v) is 32.1. The largest absolute Gasteiger partial charge is 0.491 e. The van der Waals surface area contributed by atoms with Crippen LogP contribution in [0, 0.1) is 24.1 Å². The first-order chi connectivity index (χ1) is 50.3. The number of nitrogens with one attached hydrogen (secondary N) is 4. The van der Waals surface area contributed by atoms with Crippen LogP contribution < -0.4 is 45.3 Å². The van der Waals surface area contributed by atoms with E-state index in [0.29, 0.717) is 63.8 Å². The molecule has 105 heavy (non-hydrogen) atoms. The minimum atomic E-state index is -3.14. The van der Waals surface area contributed by atoms with Gasteiger partial charge in [0.25, 0.3) is 35.5 Å². The summed E-state index contributed by atoms with van der Waals surface area (Å²) < 4.78 is 83.7. The summed E-state index contributed by atoms with van der Waals surface area (Å²) in [4.78, 5) is 100. The van der Waals surface area contributed by atoms with E-state index in [-0.39, 0.29) is 46.3 Å². The van der Waals surface area contributed by atoms with Crippen molar-refractivity contribution in [3.8, 4) is 34.8 Å². The maximum atomic E-state index is 13.8. The molecule has 532 valence electrons. The van der Waals surface area contributed by atoms with Gasteiger partial charge in [0, 0.05) is 104 Å². The molecule has 4 N–H and O–H groups in total. The zero-order valence-electron chi connectivity index (χ0n) is 56.7. The molecule has 12 rings (SSSR count). The number of hydrogen-bond donors (Lipinski definition) is 4. The lowest BCUT2D eigenvalue weighted by Crippen LogP contribution is -2.18. The van der Waals surface area contributed by atoms with E-state index in [1.807, 2.05) is 93.2 Å². The standard InChI is InChI=1S/C20H17N5O3.C19H17F2N5O.C18H17N5O.C16H11F3N4O2S/c1-13(2)27-16-3-4-24-19(8-16)20(26)25-15-5-14(9-21)6-17(7-15)28-18-10-22-12-23-11-18;1-19(20,21)17-8-4-7-16(25-17)18(27)24-13-5-3-6-14(9-13)26(2)15-10-22-12-23-11-15;1-13-5-3-8-17(21-13)18(24)22-14-6-4-7-15(9-14)23(2)16-10-19-12-20-11-16;1-16(18,19)15-23-13(7-26-15)14(24)22-10-2-9(17)3-11(4-10)25-12-5-20-8-21-6-12/h3-8,10-13H,1-2H3,(H,25,26);3-12H,1-2H3,(H,24,27);3-12H,1-2H3,(H,22,24);2-8H,1H3,(H,22,24). The van der Waals surface area contributed by atoms with Gasteiger partial charge in [-0.05, 0) is 106 Å². The van der Waals surface area contributed by atoms with E-state index in [1.165, 1.54) is 85.9 Å². The molecule has 0 radical (unpaired) electrons. The lowest BCUT2D eigenvalue weighted by atomic mass is 10.2. The molecule has 0 saturated heterocycles. The van der Waals surface area contributed by atoms with Crippen LogP contribution in [0.15, 0.2) is 220 Å². The van der Waals surface area contributed by atoms with Crippen LogP contribution in [0.4, 0.5) is 67.5 Å². The van der Waals surface area contributed by atoms with Gasteiger partial charge in [0.15, 0.2) is 16.5 Å². The zero-order chi connectivity index (χ0) is 75.0. The third-order valence-electron chi connectivity index (χ3n) is 13.8. The molecular formula is C73H62F5N19O7S. The lowest BCUT2D eigenvalue weighted by molar-refractivity contribution is 0.0125. The van der Waals surface area contributed by atoms with Crippen LogP contribution in [0.25, 0.3) is 0 Å². The van der Waals surface area contributed by atoms with Crippen molar-refractivity contribution in [3.05, 3.63) is 270 Å². The fourth-order valence-electron chi connectivity index (χ4n) is 8.96. The molecule has 4 aromatic carbocycles. The van der Waals surface area contributed by atoms with Crippen LogP contribution in [-0.4, -0.2) is 104 Å². The molecule has 8 aromatic heterocycles. The molecule has 12 aromatic rings. The molecule has 0 unspecified atom stereocenters. The highest BCUT2D eigenvalue weighted by Gasteiger charge is 2.30. The summed E-state index contributed by atoms with van der Waals surface area (Å²) >= 11 is 0.669. The van der Waals surface area contributed by atoms with Gasteiger partial charge in [0.1, 0.15) is 76.8 Å². The predicted molar refractivity (Wildman–Crippen MR) is 381 cm³/mol. The van der Waals surface area contributed by atoms with Crippen molar-refractivity contribution in [1.82, 2.24) is 59.8 Å². The fraction of sp³-hybridized carbons (Fsp3) is 0.137. The van der Waals surface area contributed by atoms with Crippen molar-refractivity contribution in [2.24, 2.45) is 0 Å². The average Bonchev–Trinajstić information content (AvgIpc) is 1.73. The summed E-state index contributed by atoms with van der Waals surface area (Å²) in [7, 11) is 3.76. The third kappa shape index (κ3) is 22.9. The number of thiazole rings is 1. The Kier molecular flexibility index (Phi) is 25.6. The van der Waals surface area contributed by atoms with Crippen molar-refractivity contribution in [3.63, 3.8) is 0 Å². The van der Waals surface area contributed by atoms with E-state index in [2.05, 4.69) is 81.1 Å². The van der Waals surface area contributed by atoms with Gasteiger partial charge in [-0.25, -0.2) is 59.2 Å². The topological polar surface area (TPSA) is 329 Å². The smallest absolute Gasteiger partial charge is 0.296 e. The molecule has 0 aliphatic carbocycles. The zero-order valence-corrected chi connectivity index (χ0v) is 57.5. The van der Waals surface area contributed by atoms with E-state index < -0.39 is 46.1 Å². The van der Waals surface area contributed by atoms with Crippen LogP contribution in [0.2, 0.25) is 0 Å². The summed E-state index contributed by atoms with van der Waals surface area (Å²) in [6.07, 6.45) is 19.7. The number of amides is 4. The number of ether oxygens (including phenoxy) is 3. The van der Waals surface area contributed by atoms with Crippen LogP contribution in [0.5, 0.6) is 28.7 Å². The first kappa shape index (κ1) is 75.5.